The fraction of sp³-hybridized carbons (Fsp3) is 0.633. The zero-order valence-electron chi connectivity index (χ0n) is 23.5. The number of fused-ring (bicyclic) bond motifs is 1. The molecule has 2 fully saturated rings. The standard InChI is InChI=1S/C30H43N5O2/c1-7-37-26-17-24-16-20(2)8-9-25(24)28(26)35-15-14-34(18-21(35)3)30(6)10-12-33(13-11-30)29(36)27-22(4)31-19-32-23(27)5/h8-9,16,19,21,26,28H,7,10-15,17-18H2,1-6H3/t21-,26?,28+/m0/s1. The highest BCUT2D eigenvalue weighted by atomic mass is 16.5. The molecule has 2 saturated heterocycles. The predicted octanol–water partition coefficient (Wildman–Crippen LogP) is 4.11. The number of aryl methyl sites for hydroxylation is 3. The van der Waals surface area contributed by atoms with Crippen molar-refractivity contribution >= 4 is 5.91 Å². The second-order valence-corrected chi connectivity index (χ2v) is 11.6. The average molecular weight is 506 g/mol. The maximum absolute atomic E-state index is 13.3. The van der Waals surface area contributed by atoms with E-state index in [9.17, 15) is 4.79 Å². The largest absolute Gasteiger partial charge is 0.376 e. The van der Waals surface area contributed by atoms with Crippen LogP contribution in [0.15, 0.2) is 24.5 Å². The number of piperidine rings is 1. The van der Waals surface area contributed by atoms with E-state index in [0.717, 1.165) is 70.0 Å². The van der Waals surface area contributed by atoms with E-state index in [4.69, 9.17) is 4.74 Å². The molecule has 0 saturated carbocycles. The second kappa shape index (κ2) is 10.4. The first kappa shape index (κ1) is 26.3. The Hall–Kier alpha value is -2.35. The first-order chi connectivity index (χ1) is 17.7. The summed E-state index contributed by atoms with van der Waals surface area (Å²) in [7, 11) is 0. The highest BCUT2D eigenvalue weighted by Crippen LogP contribution is 2.41. The second-order valence-electron chi connectivity index (χ2n) is 11.6. The van der Waals surface area contributed by atoms with Crippen LogP contribution in [0.5, 0.6) is 0 Å². The van der Waals surface area contributed by atoms with E-state index < -0.39 is 0 Å². The molecule has 3 atom stereocenters. The summed E-state index contributed by atoms with van der Waals surface area (Å²) >= 11 is 0. The number of piperazine rings is 1. The van der Waals surface area contributed by atoms with E-state index >= 15 is 0 Å². The molecule has 1 unspecified atom stereocenters. The maximum Gasteiger partial charge on any atom is 0.257 e. The summed E-state index contributed by atoms with van der Waals surface area (Å²) in [6, 6.07) is 7.71. The number of aromatic nitrogens is 2. The molecule has 1 aliphatic carbocycles. The zero-order valence-corrected chi connectivity index (χ0v) is 23.5. The van der Waals surface area contributed by atoms with E-state index in [1.54, 1.807) is 0 Å². The Labute approximate surface area is 222 Å². The maximum atomic E-state index is 13.3. The van der Waals surface area contributed by atoms with Crippen LogP contribution in [-0.4, -0.2) is 87.6 Å². The smallest absolute Gasteiger partial charge is 0.257 e. The lowest BCUT2D eigenvalue weighted by atomic mass is 9.86. The number of carbonyl (C=O) groups excluding carboxylic acids is 1. The van der Waals surface area contributed by atoms with Crippen molar-refractivity contribution in [1.29, 1.82) is 0 Å². The normalized spacial score (nSPS) is 26.3. The topological polar surface area (TPSA) is 61.8 Å². The lowest BCUT2D eigenvalue weighted by Crippen LogP contribution is -2.62. The molecule has 1 aromatic heterocycles. The minimum atomic E-state index is 0.0768. The van der Waals surface area contributed by atoms with Crippen molar-refractivity contribution in [1.82, 2.24) is 24.7 Å². The van der Waals surface area contributed by atoms with Crippen molar-refractivity contribution in [2.75, 3.05) is 39.3 Å². The number of likely N-dealkylation sites (tertiary alicyclic amines) is 1. The van der Waals surface area contributed by atoms with Crippen LogP contribution >= 0.6 is 0 Å². The van der Waals surface area contributed by atoms with Gasteiger partial charge >= 0.3 is 0 Å². The molecule has 0 N–H and O–H groups in total. The molecule has 0 radical (unpaired) electrons. The van der Waals surface area contributed by atoms with Crippen molar-refractivity contribution in [3.8, 4) is 0 Å². The van der Waals surface area contributed by atoms with Gasteiger partial charge in [0, 0.05) is 57.3 Å². The first-order valence-electron chi connectivity index (χ1n) is 14.0. The van der Waals surface area contributed by atoms with E-state index in [0.29, 0.717) is 17.6 Å². The Morgan fingerprint density at radius 1 is 1.08 bits per heavy atom. The Balaban J connectivity index is 1.25. The van der Waals surface area contributed by atoms with Gasteiger partial charge in [-0.3, -0.25) is 14.6 Å². The highest BCUT2D eigenvalue weighted by molar-refractivity contribution is 5.96. The predicted molar refractivity (Wildman–Crippen MR) is 146 cm³/mol. The van der Waals surface area contributed by atoms with E-state index in [1.165, 1.54) is 23.0 Å². The van der Waals surface area contributed by atoms with Gasteiger partial charge in [0.1, 0.15) is 6.33 Å². The number of hydrogen-bond donors (Lipinski definition) is 0. The monoisotopic (exact) mass is 505 g/mol. The number of amides is 1. The van der Waals surface area contributed by atoms with Crippen LogP contribution in [0.2, 0.25) is 0 Å². The van der Waals surface area contributed by atoms with Gasteiger partial charge in [0.05, 0.1) is 29.1 Å². The lowest BCUT2D eigenvalue weighted by molar-refractivity contribution is -0.0630. The van der Waals surface area contributed by atoms with Gasteiger partial charge in [-0.05, 0) is 65.5 Å². The van der Waals surface area contributed by atoms with Crippen molar-refractivity contribution in [2.24, 2.45) is 0 Å². The van der Waals surface area contributed by atoms with Crippen LogP contribution < -0.4 is 0 Å². The minimum Gasteiger partial charge on any atom is -0.376 e. The quantitative estimate of drug-likeness (QED) is 0.610. The molecular formula is C30H43N5O2. The van der Waals surface area contributed by atoms with Crippen molar-refractivity contribution in [2.45, 2.75) is 84.5 Å². The molecule has 0 bridgehead atoms. The molecule has 3 heterocycles. The molecule has 0 spiro atoms. The third kappa shape index (κ3) is 4.93. The van der Waals surface area contributed by atoms with Gasteiger partial charge in [-0.2, -0.15) is 0 Å². The van der Waals surface area contributed by atoms with Gasteiger partial charge in [-0.25, -0.2) is 9.97 Å². The van der Waals surface area contributed by atoms with Crippen LogP contribution in [0, 0.1) is 20.8 Å². The van der Waals surface area contributed by atoms with Gasteiger partial charge in [0.15, 0.2) is 0 Å². The van der Waals surface area contributed by atoms with Gasteiger partial charge in [0.25, 0.3) is 5.91 Å². The number of carbonyl (C=O) groups is 1. The fourth-order valence-corrected chi connectivity index (χ4v) is 6.93. The minimum absolute atomic E-state index is 0.0768. The highest BCUT2D eigenvalue weighted by Gasteiger charge is 2.44. The Kier molecular flexibility index (Phi) is 7.40. The molecule has 1 amide bonds. The zero-order chi connectivity index (χ0) is 26.3. The number of rotatable bonds is 5. The van der Waals surface area contributed by atoms with Crippen LogP contribution in [0.3, 0.4) is 0 Å². The molecule has 7 nitrogen and oxygen atoms in total. The van der Waals surface area contributed by atoms with Crippen molar-refractivity contribution < 1.29 is 9.53 Å². The fourth-order valence-electron chi connectivity index (χ4n) is 6.93. The molecule has 200 valence electrons. The lowest BCUT2D eigenvalue weighted by Gasteiger charge is -2.53. The summed E-state index contributed by atoms with van der Waals surface area (Å²) in [5.74, 6) is 0.0768. The Morgan fingerprint density at radius 3 is 2.43 bits per heavy atom. The summed E-state index contributed by atoms with van der Waals surface area (Å²) in [4.78, 5) is 29.2. The number of benzene rings is 1. The molecule has 2 aliphatic heterocycles. The SMILES string of the molecule is CCOC1Cc2cc(C)ccc2[C@H]1N1CCN(C2(C)CCN(C(=O)c3c(C)ncnc3C)CC2)C[C@@H]1C. The Bertz CT molecular complexity index is 1120. The number of nitrogens with zero attached hydrogens (tertiary/aromatic N) is 5. The molecule has 3 aliphatic rings. The van der Waals surface area contributed by atoms with Gasteiger partial charge in [-0.1, -0.05) is 23.8 Å². The van der Waals surface area contributed by atoms with E-state index in [1.807, 2.05) is 18.7 Å². The Morgan fingerprint density at radius 2 is 1.78 bits per heavy atom. The third-order valence-corrected chi connectivity index (χ3v) is 9.14. The first-order valence-corrected chi connectivity index (χ1v) is 14.0. The molecule has 2 aromatic rings. The summed E-state index contributed by atoms with van der Waals surface area (Å²) in [5, 5.41) is 0. The molecule has 7 heteroatoms. The van der Waals surface area contributed by atoms with Crippen molar-refractivity contribution in [3.63, 3.8) is 0 Å². The number of ether oxygens (including phenoxy) is 1. The third-order valence-electron chi connectivity index (χ3n) is 9.14. The average Bonchev–Trinajstić information content (AvgIpc) is 3.21. The van der Waals surface area contributed by atoms with E-state index in [2.05, 4.69) is 65.7 Å². The van der Waals surface area contributed by atoms with Crippen LogP contribution in [-0.2, 0) is 11.2 Å². The van der Waals surface area contributed by atoms with Crippen LogP contribution in [0.4, 0.5) is 0 Å². The van der Waals surface area contributed by atoms with Crippen molar-refractivity contribution in [3.05, 3.63) is 58.2 Å². The summed E-state index contributed by atoms with van der Waals surface area (Å²) < 4.78 is 6.29. The molecule has 5 rings (SSSR count). The van der Waals surface area contributed by atoms with Gasteiger partial charge in [0.2, 0.25) is 0 Å². The molecular weight excluding hydrogens is 462 g/mol. The number of hydrogen-bond acceptors (Lipinski definition) is 6. The van der Waals surface area contributed by atoms with Gasteiger partial charge < -0.3 is 9.64 Å². The van der Waals surface area contributed by atoms with Gasteiger partial charge in [-0.15, -0.1) is 0 Å². The summed E-state index contributed by atoms with van der Waals surface area (Å²) in [6.45, 7) is 18.3. The summed E-state index contributed by atoms with van der Waals surface area (Å²) in [6.07, 6.45) is 4.76. The molecule has 37 heavy (non-hydrogen) atoms. The van der Waals surface area contributed by atoms with Crippen LogP contribution in [0.1, 0.15) is 78.1 Å². The summed E-state index contributed by atoms with van der Waals surface area (Å²) in [5.41, 5.74) is 6.56. The van der Waals surface area contributed by atoms with Crippen LogP contribution in [0.25, 0.3) is 0 Å². The molecule has 1 aromatic carbocycles. The van der Waals surface area contributed by atoms with E-state index in [-0.39, 0.29) is 17.6 Å².